The Morgan fingerprint density at radius 3 is 2.52 bits per heavy atom. The van der Waals surface area contributed by atoms with E-state index in [1.807, 2.05) is 0 Å². The van der Waals surface area contributed by atoms with E-state index < -0.39 is 11.4 Å². The third kappa shape index (κ3) is 4.21. The molecule has 0 aliphatic rings. The second-order valence-corrected chi connectivity index (χ2v) is 3.79. The number of hydrogen-bond acceptors (Lipinski definition) is 6. The van der Waals surface area contributed by atoms with Crippen molar-refractivity contribution in [3.63, 3.8) is 0 Å². The molecule has 0 fully saturated rings. The predicted molar refractivity (Wildman–Crippen MR) is 74.3 cm³/mol. The van der Waals surface area contributed by atoms with Crippen LogP contribution in [0.4, 0.5) is 15.8 Å². The lowest BCUT2D eigenvalue weighted by molar-refractivity contribution is 0.211. The van der Waals surface area contributed by atoms with Crippen molar-refractivity contribution in [1.29, 1.82) is 15.8 Å². The Balaban J connectivity index is 3.13. The highest BCUT2D eigenvalue weighted by Crippen LogP contribution is 2.26. The summed E-state index contributed by atoms with van der Waals surface area (Å²) < 4.78 is 18.8. The largest absolute Gasteiger partial charge is 0.383 e. The molecule has 0 spiro atoms. The number of hydrogen-bond donors (Lipinski definition) is 2. The Labute approximate surface area is 121 Å². The van der Waals surface area contributed by atoms with Gasteiger partial charge in [-0.15, -0.1) is 0 Å². The number of nitriles is 3. The van der Waals surface area contributed by atoms with Gasteiger partial charge in [-0.1, -0.05) is 6.07 Å². The summed E-state index contributed by atoms with van der Waals surface area (Å²) in [5.41, 5.74) is -0.327. The first-order valence-corrected chi connectivity index (χ1v) is 5.90. The van der Waals surface area contributed by atoms with Crippen molar-refractivity contribution in [3.8, 4) is 18.2 Å². The van der Waals surface area contributed by atoms with Gasteiger partial charge in [0.15, 0.2) is 5.57 Å². The average Bonchev–Trinajstić information content (AvgIpc) is 2.50. The normalized spacial score (nSPS) is 8.90. The maximum Gasteiger partial charge on any atom is 0.163 e. The lowest BCUT2D eigenvalue weighted by Crippen LogP contribution is -2.11. The van der Waals surface area contributed by atoms with Crippen LogP contribution in [0.1, 0.15) is 0 Å². The molecule has 0 aromatic heterocycles. The van der Waals surface area contributed by atoms with E-state index in [9.17, 15) is 4.39 Å². The zero-order chi connectivity index (χ0) is 15.7. The predicted octanol–water partition coefficient (Wildman–Crippen LogP) is 2.12. The molecule has 1 aromatic rings. The van der Waals surface area contributed by atoms with E-state index in [2.05, 4.69) is 10.6 Å². The topological polar surface area (TPSA) is 105 Å². The molecule has 0 radical (unpaired) electrons. The summed E-state index contributed by atoms with van der Waals surface area (Å²) in [5, 5.41) is 31.9. The van der Waals surface area contributed by atoms with Crippen molar-refractivity contribution >= 4 is 11.4 Å². The van der Waals surface area contributed by atoms with Gasteiger partial charge in [-0.2, -0.15) is 15.8 Å². The Bertz CT molecular complexity index is 647. The zero-order valence-electron chi connectivity index (χ0n) is 11.3. The summed E-state index contributed by atoms with van der Waals surface area (Å²) in [6, 6.07) is 9.16. The van der Waals surface area contributed by atoms with Gasteiger partial charge in [0, 0.05) is 13.7 Å². The van der Waals surface area contributed by atoms with Gasteiger partial charge < -0.3 is 15.4 Å². The molecular formula is C14H12FN5O. The molecule has 0 aliphatic carbocycles. The van der Waals surface area contributed by atoms with Gasteiger partial charge in [-0.05, 0) is 12.1 Å². The van der Waals surface area contributed by atoms with E-state index in [-0.39, 0.29) is 11.4 Å². The summed E-state index contributed by atoms with van der Waals surface area (Å²) >= 11 is 0. The minimum atomic E-state index is -0.611. The average molecular weight is 285 g/mol. The van der Waals surface area contributed by atoms with Gasteiger partial charge in [0.25, 0.3) is 0 Å². The summed E-state index contributed by atoms with van der Waals surface area (Å²) in [7, 11) is 1.54. The van der Waals surface area contributed by atoms with Crippen molar-refractivity contribution < 1.29 is 9.13 Å². The fourth-order valence-corrected chi connectivity index (χ4v) is 1.49. The highest BCUT2D eigenvalue weighted by molar-refractivity contribution is 5.73. The number of halogens is 1. The Morgan fingerprint density at radius 1 is 1.24 bits per heavy atom. The van der Waals surface area contributed by atoms with Crippen LogP contribution in [0.3, 0.4) is 0 Å². The van der Waals surface area contributed by atoms with Crippen LogP contribution >= 0.6 is 0 Å². The maximum atomic E-state index is 13.9. The molecule has 6 nitrogen and oxygen atoms in total. The van der Waals surface area contributed by atoms with E-state index in [0.717, 1.165) is 0 Å². The van der Waals surface area contributed by atoms with Crippen molar-refractivity contribution in [2.45, 2.75) is 0 Å². The molecular weight excluding hydrogens is 273 g/mol. The van der Waals surface area contributed by atoms with Gasteiger partial charge >= 0.3 is 0 Å². The molecule has 0 saturated carbocycles. The van der Waals surface area contributed by atoms with E-state index in [0.29, 0.717) is 18.8 Å². The first-order valence-electron chi connectivity index (χ1n) is 5.90. The molecule has 7 heteroatoms. The van der Waals surface area contributed by atoms with Crippen LogP contribution in [0.15, 0.2) is 29.5 Å². The van der Waals surface area contributed by atoms with Gasteiger partial charge in [0.2, 0.25) is 0 Å². The third-order valence-corrected chi connectivity index (χ3v) is 2.47. The molecule has 0 unspecified atom stereocenters. The molecule has 106 valence electrons. The molecule has 0 saturated heterocycles. The maximum absolute atomic E-state index is 13.9. The minimum Gasteiger partial charge on any atom is -0.383 e. The standard InChI is InChI=1S/C14H12FN5O/c1-21-6-5-19-12-4-2-3-11(15)14(12)20-13(9-18)10(7-16)8-17/h2-4,19-20H,5-6H2,1H3. The molecule has 0 atom stereocenters. The van der Waals surface area contributed by atoms with Crippen LogP contribution in [0.5, 0.6) is 0 Å². The zero-order valence-corrected chi connectivity index (χ0v) is 11.3. The summed E-state index contributed by atoms with van der Waals surface area (Å²) in [4.78, 5) is 0. The minimum absolute atomic E-state index is 0.00634. The van der Waals surface area contributed by atoms with Crippen LogP contribution in [-0.4, -0.2) is 20.3 Å². The van der Waals surface area contributed by atoms with Gasteiger partial charge in [-0.3, -0.25) is 0 Å². The molecule has 0 amide bonds. The van der Waals surface area contributed by atoms with E-state index in [4.69, 9.17) is 20.5 Å². The number of ether oxygens (including phenoxy) is 1. The first kappa shape index (κ1) is 16.0. The molecule has 0 heterocycles. The van der Waals surface area contributed by atoms with Crippen molar-refractivity contribution in [1.82, 2.24) is 0 Å². The number of rotatable bonds is 6. The molecule has 1 aromatic carbocycles. The smallest absolute Gasteiger partial charge is 0.163 e. The van der Waals surface area contributed by atoms with Gasteiger partial charge in [0.1, 0.15) is 29.7 Å². The van der Waals surface area contributed by atoms with Crippen LogP contribution in [0.2, 0.25) is 0 Å². The fourth-order valence-electron chi connectivity index (χ4n) is 1.49. The number of methoxy groups -OCH3 is 1. The first-order chi connectivity index (χ1) is 10.2. The quantitative estimate of drug-likeness (QED) is 0.612. The SMILES string of the molecule is COCCNc1cccc(F)c1NC(C#N)=C(C#N)C#N. The number of nitrogens with zero attached hydrogens (tertiary/aromatic N) is 3. The van der Waals surface area contributed by atoms with E-state index >= 15 is 0 Å². The monoisotopic (exact) mass is 285 g/mol. The highest BCUT2D eigenvalue weighted by atomic mass is 19.1. The van der Waals surface area contributed by atoms with E-state index in [1.165, 1.54) is 19.2 Å². The summed E-state index contributed by atoms with van der Waals surface area (Å²) in [6.07, 6.45) is 0. The second-order valence-electron chi connectivity index (χ2n) is 3.79. The molecule has 0 bridgehead atoms. The number of allylic oxidation sites excluding steroid dienone is 2. The second kappa shape index (κ2) is 8.16. The van der Waals surface area contributed by atoms with Crippen LogP contribution in [0.25, 0.3) is 0 Å². The highest BCUT2D eigenvalue weighted by Gasteiger charge is 2.13. The van der Waals surface area contributed by atoms with Crippen LogP contribution in [-0.2, 0) is 4.74 Å². The van der Waals surface area contributed by atoms with Gasteiger partial charge in [-0.25, -0.2) is 4.39 Å². The lowest BCUT2D eigenvalue weighted by atomic mass is 10.2. The van der Waals surface area contributed by atoms with Gasteiger partial charge in [0.05, 0.1) is 18.0 Å². The molecule has 0 aliphatic heterocycles. The number of anilines is 2. The van der Waals surface area contributed by atoms with Crippen molar-refractivity contribution in [3.05, 3.63) is 35.3 Å². The molecule has 1 rings (SSSR count). The fraction of sp³-hybridized carbons (Fsp3) is 0.214. The van der Waals surface area contributed by atoms with Crippen LogP contribution < -0.4 is 10.6 Å². The molecule has 2 N–H and O–H groups in total. The third-order valence-electron chi connectivity index (χ3n) is 2.47. The van der Waals surface area contributed by atoms with Crippen molar-refractivity contribution in [2.24, 2.45) is 0 Å². The molecule has 21 heavy (non-hydrogen) atoms. The van der Waals surface area contributed by atoms with E-state index in [1.54, 1.807) is 24.3 Å². The number of benzene rings is 1. The van der Waals surface area contributed by atoms with Crippen LogP contribution in [0, 0.1) is 39.8 Å². The lowest BCUT2D eigenvalue weighted by Gasteiger charge is -2.13. The number of nitrogens with one attached hydrogen (secondary N) is 2. The number of para-hydroxylation sites is 1. The Morgan fingerprint density at radius 2 is 1.95 bits per heavy atom. The Hall–Kier alpha value is -3.08. The van der Waals surface area contributed by atoms with Crippen molar-refractivity contribution in [2.75, 3.05) is 30.9 Å². The Kier molecular flexibility index (Phi) is 6.21. The summed E-state index contributed by atoms with van der Waals surface area (Å²) in [6.45, 7) is 0.849. The summed E-state index contributed by atoms with van der Waals surface area (Å²) in [5.74, 6) is -0.611.